The van der Waals surface area contributed by atoms with Gasteiger partial charge >= 0.3 is 5.97 Å². The Labute approximate surface area is 149 Å². The zero-order valence-corrected chi connectivity index (χ0v) is 15.7. The summed E-state index contributed by atoms with van der Waals surface area (Å²) in [5, 5.41) is 12.2. The van der Waals surface area contributed by atoms with E-state index in [1.165, 1.54) is 6.07 Å². The molecule has 0 spiro atoms. The zero-order chi connectivity index (χ0) is 14.0. The first kappa shape index (κ1) is 15.3. The van der Waals surface area contributed by atoms with E-state index < -0.39 is 5.97 Å². The Morgan fingerprint density at radius 3 is 2.42 bits per heavy atom. The Morgan fingerprint density at radius 2 is 1.89 bits per heavy atom. The van der Waals surface area contributed by atoms with Crippen LogP contribution in [0.5, 0.6) is 5.75 Å². The molecule has 0 aliphatic heterocycles. The second kappa shape index (κ2) is 6.56. The lowest BCUT2D eigenvalue weighted by Crippen LogP contribution is -1.99. The van der Waals surface area contributed by atoms with Crippen molar-refractivity contribution in [3.8, 4) is 5.75 Å². The SMILES string of the molecule is O=C(O)c1cc(COc2c(I)cc(I)cc2I)on1. The van der Waals surface area contributed by atoms with Gasteiger partial charge in [0, 0.05) is 9.64 Å². The van der Waals surface area contributed by atoms with Gasteiger partial charge in [0.1, 0.15) is 12.4 Å². The molecule has 0 atom stereocenters. The summed E-state index contributed by atoms with van der Waals surface area (Å²) in [7, 11) is 0. The summed E-state index contributed by atoms with van der Waals surface area (Å²) in [6.45, 7) is 0.146. The Hall–Kier alpha value is -0.110. The summed E-state index contributed by atoms with van der Waals surface area (Å²) in [4.78, 5) is 10.7. The van der Waals surface area contributed by atoms with Crippen LogP contribution >= 0.6 is 67.8 Å². The zero-order valence-electron chi connectivity index (χ0n) is 9.19. The first-order valence-corrected chi connectivity index (χ1v) is 8.17. The van der Waals surface area contributed by atoms with Gasteiger partial charge in [-0.15, -0.1) is 0 Å². The molecular formula is C11H6I3NO4. The van der Waals surface area contributed by atoms with Crippen molar-refractivity contribution >= 4 is 73.7 Å². The molecule has 19 heavy (non-hydrogen) atoms. The first-order valence-electron chi connectivity index (χ1n) is 4.93. The standard InChI is InChI=1S/C11H6I3NO4/c12-5-1-7(13)10(8(14)2-5)18-4-6-3-9(11(16)17)15-19-6/h1-3H,4H2,(H,16,17). The van der Waals surface area contributed by atoms with Crippen LogP contribution in [0.1, 0.15) is 16.2 Å². The van der Waals surface area contributed by atoms with E-state index in [2.05, 4.69) is 72.9 Å². The normalized spacial score (nSPS) is 10.5. The summed E-state index contributed by atoms with van der Waals surface area (Å²) in [6.07, 6.45) is 0. The van der Waals surface area contributed by atoms with Gasteiger partial charge in [0.2, 0.25) is 0 Å². The molecule has 0 saturated heterocycles. The van der Waals surface area contributed by atoms with E-state index in [1.807, 2.05) is 12.1 Å². The maximum atomic E-state index is 10.7. The van der Waals surface area contributed by atoms with E-state index in [-0.39, 0.29) is 12.3 Å². The molecule has 0 unspecified atom stereocenters. The van der Waals surface area contributed by atoms with E-state index >= 15 is 0 Å². The van der Waals surface area contributed by atoms with Gasteiger partial charge in [-0.3, -0.25) is 0 Å². The Bertz CT molecular complexity index is 603. The molecule has 0 saturated carbocycles. The van der Waals surface area contributed by atoms with Crippen LogP contribution in [0.2, 0.25) is 0 Å². The van der Waals surface area contributed by atoms with Gasteiger partial charge in [0.05, 0.1) is 7.14 Å². The number of hydrogen-bond acceptors (Lipinski definition) is 4. The van der Waals surface area contributed by atoms with Crippen molar-refractivity contribution in [2.75, 3.05) is 0 Å². The minimum Gasteiger partial charge on any atom is -0.483 e. The van der Waals surface area contributed by atoms with Gasteiger partial charge in [-0.1, -0.05) is 5.16 Å². The quantitative estimate of drug-likeness (QED) is 0.545. The second-order valence-corrected chi connectivity index (χ2v) is 7.04. The van der Waals surface area contributed by atoms with Crippen molar-refractivity contribution in [2.45, 2.75) is 6.61 Å². The molecule has 0 aliphatic carbocycles. The number of aromatic nitrogens is 1. The number of nitrogens with zero attached hydrogens (tertiary/aromatic N) is 1. The monoisotopic (exact) mass is 597 g/mol. The molecule has 0 aliphatic rings. The smallest absolute Gasteiger partial charge is 0.358 e. The largest absolute Gasteiger partial charge is 0.483 e. The number of carbonyl (C=O) groups is 1. The fourth-order valence-corrected chi connectivity index (χ4v) is 5.19. The molecule has 1 N–H and O–H groups in total. The van der Waals surface area contributed by atoms with Gasteiger partial charge in [-0.05, 0) is 79.9 Å². The van der Waals surface area contributed by atoms with E-state index in [4.69, 9.17) is 14.4 Å². The van der Waals surface area contributed by atoms with Crippen LogP contribution in [0.15, 0.2) is 22.7 Å². The van der Waals surface area contributed by atoms with Crippen LogP contribution < -0.4 is 4.74 Å². The van der Waals surface area contributed by atoms with Gasteiger partial charge in [-0.2, -0.15) is 0 Å². The minimum atomic E-state index is -1.12. The number of carboxylic acids is 1. The fourth-order valence-electron chi connectivity index (χ4n) is 1.29. The van der Waals surface area contributed by atoms with Crippen LogP contribution in [-0.4, -0.2) is 16.2 Å². The number of carboxylic acid groups (broad SMARTS) is 1. The maximum Gasteiger partial charge on any atom is 0.358 e. The third-order valence-electron chi connectivity index (χ3n) is 2.10. The van der Waals surface area contributed by atoms with Crippen LogP contribution in [0.25, 0.3) is 0 Å². The molecule has 100 valence electrons. The molecular weight excluding hydrogens is 591 g/mol. The molecule has 0 radical (unpaired) electrons. The van der Waals surface area contributed by atoms with Gasteiger partial charge < -0.3 is 14.4 Å². The van der Waals surface area contributed by atoms with Gasteiger partial charge in [0.25, 0.3) is 0 Å². The average molecular weight is 597 g/mol. The van der Waals surface area contributed by atoms with E-state index in [0.29, 0.717) is 5.76 Å². The summed E-state index contributed by atoms with van der Waals surface area (Å²) in [6, 6.07) is 5.36. The van der Waals surface area contributed by atoms with Crippen molar-refractivity contribution in [3.05, 3.63) is 40.4 Å². The summed E-state index contributed by atoms with van der Waals surface area (Å²) < 4.78 is 13.7. The Balaban J connectivity index is 2.12. The number of rotatable bonds is 4. The third kappa shape index (κ3) is 3.93. The number of hydrogen-bond donors (Lipinski definition) is 1. The van der Waals surface area contributed by atoms with Crippen LogP contribution in [0.4, 0.5) is 0 Å². The Kier molecular flexibility index (Phi) is 5.28. The molecule has 0 fully saturated rings. The Morgan fingerprint density at radius 1 is 1.26 bits per heavy atom. The predicted molar refractivity (Wildman–Crippen MR) is 92.4 cm³/mol. The lowest BCUT2D eigenvalue weighted by molar-refractivity contribution is 0.0685. The molecule has 0 amide bonds. The number of benzene rings is 1. The highest BCUT2D eigenvalue weighted by Crippen LogP contribution is 2.30. The molecule has 0 bridgehead atoms. The average Bonchev–Trinajstić information content (AvgIpc) is 2.76. The number of aromatic carboxylic acids is 1. The summed E-state index contributed by atoms with van der Waals surface area (Å²) in [5.41, 5.74) is -0.120. The van der Waals surface area contributed by atoms with E-state index in [9.17, 15) is 4.79 Å². The molecule has 5 nitrogen and oxygen atoms in total. The van der Waals surface area contributed by atoms with Crippen LogP contribution in [0.3, 0.4) is 0 Å². The third-order valence-corrected chi connectivity index (χ3v) is 4.33. The van der Waals surface area contributed by atoms with Crippen molar-refractivity contribution in [3.63, 3.8) is 0 Å². The van der Waals surface area contributed by atoms with Crippen LogP contribution in [0, 0.1) is 10.7 Å². The van der Waals surface area contributed by atoms with Gasteiger partial charge in [0.15, 0.2) is 11.5 Å². The highest BCUT2D eigenvalue weighted by Gasteiger charge is 2.13. The predicted octanol–water partition coefficient (Wildman–Crippen LogP) is 3.77. The lowest BCUT2D eigenvalue weighted by atomic mass is 10.3. The summed E-state index contributed by atoms with van der Waals surface area (Å²) in [5.74, 6) is 0.0193. The highest BCUT2D eigenvalue weighted by atomic mass is 127. The van der Waals surface area contributed by atoms with Crippen molar-refractivity contribution < 1.29 is 19.2 Å². The van der Waals surface area contributed by atoms with Crippen molar-refractivity contribution in [2.24, 2.45) is 0 Å². The molecule has 8 heteroatoms. The minimum absolute atomic E-state index is 0.120. The molecule has 1 aromatic carbocycles. The molecule has 1 heterocycles. The van der Waals surface area contributed by atoms with Crippen molar-refractivity contribution in [1.82, 2.24) is 5.16 Å². The number of halogens is 3. The van der Waals surface area contributed by atoms with Crippen LogP contribution in [-0.2, 0) is 6.61 Å². The van der Waals surface area contributed by atoms with Crippen molar-refractivity contribution in [1.29, 1.82) is 0 Å². The maximum absolute atomic E-state index is 10.7. The first-order chi connectivity index (χ1) is 8.97. The highest BCUT2D eigenvalue weighted by molar-refractivity contribution is 14.1. The molecule has 2 rings (SSSR count). The fraction of sp³-hybridized carbons (Fsp3) is 0.0909. The van der Waals surface area contributed by atoms with E-state index in [0.717, 1.165) is 16.5 Å². The van der Waals surface area contributed by atoms with Gasteiger partial charge in [-0.25, -0.2) is 4.79 Å². The molecule has 2 aromatic rings. The second-order valence-electron chi connectivity index (χ2n) is 3.47. The topological polar surface area (TPSA) is 72.6 Å². The summed E-state index contributed by atoms with van der Waals surface area (Å²) >= 11 is 6.63. The number of ether oxygens (including phenoxy) is 1. The molecule has 1 aromatic heterocycles. The van der Waals surface area contributed by atoms with E-state index in [1.54, 1.807) is 0 Å². The lowest BCUT2D eigenvalue weighted by Gasteiger charge is -2.09.